The Morgan fingerprint density at radius 3 is 2.29 bits per heavy atom. The Morgan fingerprint density at radius 1 is 0.964 bits per heavy atom. The lowest BCUT2D eigenvalue weighted by Gasteiger charge is -2.13. The van der Waals surface area contributed by atoms with E-state index in [0.717, 1.165) is 16.5 Å². The first kappa shape index (κ1) is 19.6. The second-order valence-electron chi connectivity index (χ2n) is 7.21. The second kappa shape index (κ2) is 7.46. The van der Waals surface area contributed by atoms with Gasteiger partial charge in [-0.3, -0.25) is 0 Å². The topological polar surface area (TPSA) is 86.7 Å². The molecule has 0 atom stereocenters. The molecule has 2 aromatic heterocycles. The number of rotatable bonds is 4. The first-order valence-electron chi connectivity index (χ1n) is 9.03. The lowest BCUT2D eigenvalue weighted by molar-refractivity contribution is 0.0468. The summed E-state index contributed by atoms with van der Waals surface area (Å²) in [7, 11) is 0. The van der Waals surface area contributed by atoms with E-state index in [9.17, 15) is 14.4 Å². The smallest absolute Gasteiger partial charge is 0.342 e. The molecule has 0 unspecified atom stereocenters. The zero-order chi connectivity index (χ0) is 20.6. The van der Waals surface area contributed by atoms with Gasteiger partial charge in [-0.05, 0) is 55.5 Å². The van der Waals surface area contributed by atoms with E-state index in [1.54, 1.807) is 6.92 Å². The predicted molar refractivity (Wildman–Crippen MR) is 105 cm³/mol. The molecule has 3 aromatic rings. The molecule has 6 nitrogen and oxygen atoms in total. The van der Waals surface area contributed by atoms with Crippen molar-refractivity contribution in [1.29, 1.82) is 0 Å². The van der Waals surface area contributed by atoms with Crippen molar-refractivity contribution in [2.75, 3.05) is 0 Å². The molecular formula is C22H22O6. The van der Waals surface area contributed by atoms with Gasteiger partial charge in [-0.25, -0.2) is 14.4 Å². The van der Waals surface area contributed by atoms with Crippen LogP contribution in [0.5, 0.6) is 0 Å². The minimum absolute atomic E-state index is 0.0977. The van der Waals surface area contributed by atoms with Crippen LogP contribution in [-0.2, 0) is 11.3 Å². The Kier molecular flexibility index (Phi) is 5.23. The number of carbonyl (C=O) groups excluding carboxylic acids is 1. The van der Waals surface area contributed by atoms with Gasteiger partial charge < -0.3 is 13.6 Å². The minimum atomic E-state index is -0.615. The fraction of sp³-hybridized carbons (Fsp3) is 0.318. The molecule has 146 valence electrons. The molecule has 0 fully saturated rings. The van der Waals surface area contributed by atoms with Crippen LogP contribution in [0.1, 0.15) is 58.1 Å². The monoisotopic (exact) mass is 382 g/mol. The highest BCUT2D eigenvalue weighted by Gasteiger charge is 2.18. The van der Waals surface area contributed by atoms with E-state index in [1.807, 2.05) is 19.1 Å². The summed E-state index contributed by atoms with van der Waals surface area (Å²) in [5.74, 6) is -0.120. The molecule has 0 spiro atoms. The fourth-order valence-electron chi connectivity index (χ4n) is 3.41. The lowest BCUT2D eigenvalue weighted by Crippen LogP contribution is -2.13. The summed E-state index contributed by atoms with van der Waals surface area (Å²) in [5.41, 5.74) is 2.85. The number of ether oxygens (including phenoxy) is 1. The summed E-state index contributed by atoms with van der Waals surface area (Å²) in [5, 5.41) is 0.731. The normalized spacial score (nSPS) is 11.2. The Bertz CT molecular complexity index is 1150. The summed E-state index contributed by atoms with van der Waals surface area (Å²) in [6.07, 6.45) is 0. The summed E-state index contributed by atoms with van der Waals surface area (Å²) in [4.78, 5) is 35.9. The molecular weight excluding hydrogens is 360 g/mol. The fourth-order valence-corrected chi connectivity index (χ4v) is 3.41. The van der Waals surface area contributed by atoms with Gasteiger partial charge in [0.1, 0.15) is 23.5 Å². The molecule has 1 aromatic carbocycles. The minimum Gasteiger partial charge on any atom is -0.457 e. The van der Waals surface area contributed by atoms with Gasteiger partial charge in [0, 0.05) is 23.1 Å². The maximum absolute atomic E-state index is 12.5. The largest absolute Gasteiger partial charge is 0.457 e. The van der Waals surface area contributed by atoms with Crippen LogP contribution >= 0.6 is 0 Å². The quantitative estimate of drug-likeness (QED) is 0.498. The number of hydrogen-bond acceptors (Lipinski definition) is 6. The van der Waals surface area contributed by atoms with Gasteiger partial charge in [0.25, 0.3) is 0 Å². The lowest BCUT2D eigenvalue weighted by atomic mass is 9.95. The van der Waals surface area contributed by atoms with Gasteiger partial charge in [-0.2, -0.15) is 0 Å². The van der Waals surface area contributed by atoms with E-state index in [2.05, 4.69) is 13.8 Å². The van der Waals surface area contributed by atoms with Crippen LogP contribution in [0.2, 0.25) is 0 Å². The molecule has 0 bridgehead atoms. The van der Waals surface area contributed by atoms with Crippen LogP contribution in [0.3, 0.4) is 0 Å². The van der Waals surface area contributed by atoms with Crippen molar-refractivity contribution in [2.45, 2.75) is 47.1 Å². The van der Waals surface area contributed by atoms with E-state index in [4.69, 9.17) is 13.6 Å². The van der Waals surface area contributed by atoms with Crippen LogP contribution < -0.4 is 11.3 Å². The number of hydrogen-bond donors (Lipinski definition) is 0. The first-order valence-corrected chi connectivity index (χ1v) is 9.03. The number of carbonyl (C=O) groups is 1. The van der Waals surface area contributed by atoms with Gasteiger partial charge in [-0.1, -0.05) is 13.8 Å². The summed E-state index contributed by atoms with van der Waals surface area (Å²) >= 11 is 0. The first-order chi connectivity index (χ1) is 13.2. The van der Waals surface area contributed by atoms with Crippen LogP contribution in [0.15, 0.2) is 42.7 Å². The third kappa shape index (κ3) is 3.76. The standard InChI is InChI=1S/C22H22O6/c1-11(2)16-9-17-15(8-20(24)28-18(17)6-12(16)3)10-26-22(25)21-13(4)7-19(23)27-14(21)5/h6-9,11H,10H2,1-5H3. The van der Waals surface area contributed by atoms with Gasteiger partial charge in [0.15, 0.2) is 0 Å². The molecule has 0 saturated carbocycles. The molecule has 0 saturated heterocycles. The van der Waals surface area contributed by atoms with Crippen molar-refractivity contribution in [1.82, 2.24) is 0 Å². The van der Waals surface area contributed by atoms with Gasteiger partial charge in [0.05, 0.1) is 0 Å². The molecule has 2 heterocycles. The highest BCUT2D eigenvalue weighted by Crippen LogP contribution is 2.27. The molecule has 0 amide bonds. The molecule has 28 heavy (non-hydrogen) atoms. The van der Waals surface area contributed by atoms with Crippen LogP contribution in [0.25, 0.3) is 11.0 Å². The van der Waals surface area contributed by atoms with E-state index < -0.39 is 17.2 Å². The summed E-state index contributed by atoms with van der Waals surface area (Å²) in [6, 6.07) is 6.38. The predicted octanol–water partition coefficient (Wildman–Crippen LogP) is 4.15. The number of aryl methyl sites for hydroxylation is 3. The van der Waals surface area contributed by atoms with Crippen molar-refractivity contribution < 1.29 is 18.4 Å². The zero-order valence-electron chi connectivity index (χ0n) is 16.5. The molecule has 0 aliphatic rings. The second-order valence-corrected chi connectivity index (χ2v) is 7.21. The van der Waals surface area contributed by atoms with Crippen molar-refractivity contribution in [3.63, 3.8) is 0 Å². The highest BCUT2D eigenvalue weighted by atomic mass is 16.5. The van der Waals surface area contributed by atoms with Crippen molar-refractivity contribution in [2.24, 2.45) is 0 Å². The third-order valence-electron chi connectivity index (χ3n) is 4.74. The Hall–Kier alpha value is -3.15. The maximum atomic E-state index is 12.5. The molecule has 0 aliphatic carbocycles. The van der Waals surface area contributed by atoms with E-state index in [0.29, 0.717) is 22.6 Å². The van der Waals surface area contributed by atoms with Gasteiger partial charge in [0.2, 0.25) is 0 Å². The van der Waals surface area contributed by atoms with E-state index >= 15 is 0 Å². The number of fused-ring (bicyclic) bond motifs is 1. The third-order valence-corrected chi connectivity index (χ3v) is 4.74. The Morgan fingerprint density at radius 2 is 1.64 bits per heavy atom. The molecule has 6 heteroatoms. The molecule has 0 N–H and O–H groups in total. The zero-order valence-corrected chi connectivity index (χ0v) is 16.5. The van der Waals surface area contributed by atoms with Gasteiger partial charge >= 0.3 is 17.2 Å². The maximum Gasteiger partial charge on any atom is 0.342 e. The summed E-state index contributed by atoms with van der Waals surface area (Å²) < 4.78 is 15.7. The van der Waals surface area contributed by atoms with Gasteiger partial charge in [-0.15, -0.1) is 0 Å². The highest BCUT2D eigenvalue weighted by molar-refractivity contribution is 5.92. The molecule has 3 rings (SSSR count). The molecule has 0 aliphatic heterocycles. The average molecular weight is 382 g/mol. The van der Waals surface area contributed by atoms with E-state index in [-0.39, 0.29) is 17.9 Å². The Labute approximate surface area is 161 Å². The van der Waals surface area contributed by atoms with Crippen LogP contribution in [0, 0.1) is 20.8 Å². The van der Waals surface area contributed by atoms with Crippen LogP contribution in [-0.4, -0.2) is 5.97 Å². The summed E-state index contributed by atoms with van der Waals surface area (Å²) in [6.45, 7) is 9.22. The van der Waals surface area contributed by atoms with Crippen molar-refractivity contribution >= 4 is 16.9 Å². The average Bonchev–Trinajstić information content (AvgIpc) is 2.57. The van der Waals surface area contributed by atoms with Crippen molar-refractivity contribution in [3.05, 3.63) is 78.7 Å². The SMILES string of the molecule is Cc1cc2oc(=O)cc(COC(=O)c3c(C)cc(=O)oc3C)c2cc1C(C)C. The van der Waals surface area contributed by atoms with E-state index in [1.165, 1.54) is 19.1 Å². The molecule has 0 radical (unpaired) electrons. The number of benzene rings is 1. The van der Waals surface area contributed by atoms with Crippen LogP contribution in [0.4, 0.5) is 0 Å². The van der Waals surface area contributed by atoms with Crippen molar-refractivity contribution in [3.8, 4) is 0 Å². The number of esters is 1. The Balaban J connectivity index is 1.98.